The van der Waals surface area contributed by atoms with Crippen molar-refractivity contribution in [3.05, 3.63) is 34.7 Å². The second kappa shape index (κ2) is 11.1. The lowest BCUT2D eigenvalue weighted by molar-refractivity contribution is -0.123. The van der Waals surface area contributed by atoms with Crippen molar-refractivity contribution in [1.82, 2.24) is 14.2 Å². The second-order valence-electron chi connectivity index (χ2n) is 8.59. The van der Waals surface area contributed by atoms with Crippen molar-refractivity contribution in [2.45, 2.75) is 24.0 Å². The molecule has 2 aromatic heterocycles. The lowest BCUT2D eigenvalue weighted by Gasteiger charge is -2.33. The molecule has 1 saturated heterocycles. The zero-order valence-corrected chi connectivity index (χ0v) is 23.1. The van der Waals surface area contributed by atoms with E-state index in [1.54, 1.807) is 11.0 Å². The Morgan fingerprint density at radius 1 is 1.23 bits per heavy atom. The predicted octanol–water partition coefficient (Wildman–Crippen LogP) is 4.41. The van der Waals surface area contributed by atoms with Gasteiger partial charge in [-0.2, -0.15) is 4.31 Å². The summed E-state index contributed by atoms with van der Waals surface area (Å²) in [6, 6.07) is 8.87. The fraction of sp³-hybridized carbons (Fsp3) is 0.478. The number of carbonyl (C=O) groups is 1. The zero-order chi connectivity index (χ0) is 25.2. The lowest BCUT2D eigenvalue weighted by Crippen LogP contribution is -2.48. The fourth-order valence-corrected chi connectivity index (χ4v) is 8.22. The number of carbonyl (C=O) groups excluding carboxylic acids is 1. The molecule has 0 saturated carbocycles. The van der Waals surface area contributed by atoms with Gasteiger partial charge >= 0.3 is 0 Å². The van der Waals surface area contributed by atoms with Crippen LogP contribution in [0.2, 0.25) is 4.34 Å². The van der Waals surface area contributed by atoms with Crippen LogP contribution in [0.4, 0.5) is 5.13 Å². The van der Waals surface area contributed by atoms with Gasteiger partial charge in [0, 0.05) is 26.2 Å². The molecule has 1 aliphatic rings. The topological polar surface area (TPSA) is 83.0 Å². The molecule has 0 spiro atoms. The second-order valence-corrected chi connectivity index (χ2v) is 13.5. The highest BCUT2D eigenvalue weighted by molar-refractivity contribution is 7.91. The number of hydrogen-bond donors (Lipinski definition) is 0. The van der Waals surface area contributed by atoms with Crippen LogP contribution in [-0.2, 0) is 14.8 Å². The van der Waals surface area contributed by atoms with Gasteiger partial charge in [0.1, 0.15) is 15.5 Å². The van der Waals surface area contributed by atoms with E-state index in [1.807, 2.05) is 44.1 Å². The average Bonchev–Trinajstić information content (AvgIpc) is 3.46. The third-order valence-electron chi connectivity index (χ3n) is 5.81. The van der Waals surface area contributed by atoms with E-state index < -0.39 is 15.9 Å². The monoisotopic (exact) mass is 556 g/mol. The maximum atomic E-state index is 13.8. The SMILES string of the molecule is CCOc1cccc2sc(N(CCN(C)C)C(=O)C3CCCN(S(=O)(=O)c4ccc(Cl)s4)C3)nc12. The van der Waals surface area contributed by atoms with Gasteiger partial charge in [-0.15, -0.1) is 11.3 Å². The van der Waals surface area contributed by atoms with Gasteiger partial charge < -0.3 is 9.64 Å². The van der Waals surface area contributed by atoms with E-state index in [4.69, 9.17) is 21.3 Å². The number of sulfonamides is 1. The van der Waals surface area contributed by atoms with E-state index in [0.29, 0.717) is 54.3 Å². The summed E-state index contributed by atoms with van der Waals surface area (Å²) in [5.74, 6) is 0.138. The zero-order valence-electron chi connectivity index (χ0n) is 19.9. The van der Waals surface area contributed by atoms with Gasteiger partial charge in [-0.25, -0.2) is 13.4 Å². The molecular formula is C23H29ClN4O4S3. The Morgan fingerprint density at radius 3 is 2.71 bits per heavy atom. The van der Waals surface area contributed by atoms with Crippen LogP contribution in [0.5, 0.6) is 5.75 Å². The molecule has 8 nitrogen and oxygen atoms in total. The maximum Gasteiger partial charge on any atom is 0.252 e. The summed E-state index contributed by atoms with van der Waals surface area (Å²) in [6.45, 7) is 4.09. The first-order chi connectivity index (χ1) is 16.7. The van der Waals surface area contributed by atoms with Crippen molar-refractivity contribution in [1.29, 1.82) is 0 Å². The van der Waals surface area contributed by atoms with Gasteiger partial charge in [0.05, 0.1) is 21.6 Å². The van der Waals surface area contributed by atoms with Crippen molar-refractivity contribution < 1.29 is 17.9 Å². The Hall–Kier alpha value is -1.76. The quantitative estimate of drug-likeness (QED) is 0.388. The number of thiazole rings is 1. The summed E-state index contributed by atoms with van der Waals surface area (Å²) in [6.07, 6.45) is 1.24. The van der Waals surface area contributed by atoms with Crippen LogP contribution in [0.3, 0.4) is 0 Å². The number of ether oxygens (including phenoxy) is 1. The number of nitrogens with zero attached hydrogens (tertiary/aromatic N) is 4. The predicted molar refractivity (Wildman–Crippen MR) is 143 cm³/mol. The van der Waals surface area contributed by atoms with E-state index in [9.17, 15) is 13.2 Å². The molecule has 0 N–H and O–H groups in total. The summed E-state index contributed by atoms with van der Waals surface area (Å²) in [7, 11) is 0.210. The maximum absolute atomic E-state index is 13.8. The number of aromatic nitrogens is 1. The van der Waals surface area contributed by atoms with Crippen LogP contribution in [0.15, 0.2) is 34.5 Å². The van der Waals surface area contributed by atoms with Gasteiger partial charge in [-0.3, -0.25) is 9.69 Å². The number of halogens is 1. The summed E-state index contributed by atoms with van der Waals surface area (Å²) in [4.78, 5) is 22.3. The van der Waals surface area contributed by atoms with Gasteiger partial charge in [-0.1, -0.05) is 29.0 Å². The smallest absolute Gasteiger partial charge is 0.252 e. The summed E-state index contributed by atoms with van der Waals surface area (Å²) >= 11 is 8.46. The highest BCUT2D eigenvalue weighted by Crippen LogP contribution is 2.36. The molecule has 1 atom stereocenters. The number of likely N-dealkylation sites (N-methyl/N-ethyl adjacent to an activating group) is 1. The summed E-state index contributed by atoms with van der Waals surface area (Å²) < 4.78 is 35.0. The van der Waals surface area contributed by atoms with Gasteiger partial charge in [0.15, 0.2) is 5.13 Å². The number of benzene rings is 1. The van der Waals surface area contributed by atoms with Gasteiger partial charge in [-0.05, 0) is 58.1 Å². The molecule has 12 heteroatoms. The van der Waals surface area contributed by atoms with Crippen molar-refractivity contribution in [3.63, 3.8) is 0 Å². The minimum absolute atomic E-state index is 0.104. The summed E-state index contributed by atoms with van der Waals surface area (Å²) in [5.41, 5.74) is 0.736. The number of piperidine rings is 1. The highest BCUT2D eigenvalue weighted by atomic mass is 35.5. The van der Waals surface area contributed by atoms with E-state index in [1.165, 1.54) is 21.7 Å². The average molecular weight is 557 g/mol. The molecule has 1 amide bonds. The number of amides is 1. The largest absolute Gasteiger partial charge is 0.492 e. The molecular weight excluding hydrogens is 528 g/mol. The molecule has 4 rings (SSSR count). The number of hydrogen-bond acceptors (Lipinski definition) is 8. The van der Waals surface area contributed by atoms with E-state index in [2.05, 4.69) is 0 Å². The molecule has 1 unspecified atom stereocenters. The molecule has 3 heterocycles. The lowest BCUT2D eigenvalue weighted by atomic mass is 9.98. The van der Waals surface area contributed by atoms with Crippen LogP contribution >= 0.6 is 34.3 Å². The molecule has 1 aliphatic heterocycles. The Morgan fingerprint density at radius 2 is 2.03 bits per heavy atom. The van der Waals surface area contributed by atoms with Gasteiger partial charge in [0.25, 0.3) is 10.0 Å². The molecule has 1 aromatic carbocycles. The first-order valence-electron chi connectivity index (χ1n) is 11.4. The highest BCUT2D eigenvalue weighted by Gasteiger charge is 2.36. The number of rotatable bonds is 9. The van der Waals surface area contributed by atoms with Crippen molar-refractivity contribution >= 4 is 65.6 Å². The van der Waals surface area contributed by atoms with Gasteiger partial charge in [0.2, 0.25) is 5.91 Å². The molecule has 0 radical (unpaired) electrons. The minimum Gasteiger partial charge on any atom is -0.492 e. The number of anilines is 1. The Kier molecular flexibility index (Phi) is 8.34. The third-order valence-corrected chi connectivity index (χ3v) is 10.4. The van der Waals surface area contributed by atoms with E-state index in [-0.39, 0.29) is 16.7 Å². The van der Waals surface area contributed by atoms with Crippen molar-refractivity contribution in [3.8, 4) is 5.75 Å². The Labute approximate surface area is 219 Å². The molecule has 3 aromatic rings. The first-order valence-corrected chi connectivity index (χ1v) is 14.9. The normalized spacial score (nSPS) is 17.2. The number of para-hydroxylation sites is 1. The minimum atomic E-state index is -3.70. The van der Waals surface area contributed by atoms with Crippen molar-refractivity contribution in [2.75, 3.05) is 51.8 Å². The van der Waals surface area contributed by atoms with Crippen LogP contribution in [0, 0.1) is 5.92 Å². The molecule has 1 fully saturated rings. The van der Waals surface area contributed by atoms with Crippen LogP contribution < -0.4 is 9.64 Å². The fourth-order valence-electron chi connectivity index (χ4n) is 4.05. The Balaban J connectivity index is 1.61. The van der Waals surface area contributed by atoms with Crippen molar-refractivity contribution in [2.24, 2.45) is 5.92 Å². The first kappa shape index (κ1) is 26.3. The number of thiophene rings is 1. The third kappa shape index (κ3) is 5.81. The number of fused-ring (bicyclic) bond motifs is 1. The Bertz CT molecular complexity index is 1290. The van der Waals surface area contributed by atoms with Crippen LogP contribution in [0.25, 0.3) is 10.2 Å². The van der Waals surface area contributed by atoms with E-state index in [0.717, 1.165) is 21.6 Å². The molecule has 35 heavy (non-hydrogen) atoms. The van der Waals surface area contributed by atoms with Crippen LogP contribution in [0.1, 0.15) is 19.8 Å². The standard InChI is InChI=1S/C23H29ClN4O4S3/c1-4-32-17-8-5-9-18-21(17)25-23(33-18)28(14-13-26(2)3)22(29)16-7-6-12-27(15-16)35(30,31)20-11-10-19(24)34-20/h5,8-11,16H,4,6-7,12-15H2,1-3H3. The summed E-state index contributed by atoms with van der Waals surface area (Å²) in [5, 5.41) is 0.601. The van der Waals surface area contributed by atoms with E-state index >= 15 is 0 Å². The molecule has 190 valence electrons. The van der Waals surface area contributed by atoms with Crippen LogP contribution in [-0.4, -0.2) is 75.4 Å². The molecule has 0 aliphatic carbocycles. The molecule has 0 bridgehead atoms.